The summed E-state index contributed by atoms with van der Waals surface area (Å²) in [6.45, 7) is 6.42. The summed E-state index contributed by atoms with van der Waals surface area (Å²) in [7, 11) is -3.63. The minimum Gasteiger partial charge on any atom is -0.353 e. The number of piperidine rings is 1. The number of anilines is 1. The molecule has 3 aliphatic rings. The number of rotatable bonds is 4. The lowest BCUT2D eigenvalue weighted by atomic mass is 9.85. The van der Waals surface area contributed by atoms with Crippen molar-refractivity contribution in [2.45, 2.75) is 82.7 Å². The van der Waals surface area contributed by atoms with Crippen molar-refractivity contribution in [2.75, 3.05) is 18.0 Å². The Morgan fingerprint density at radius 2 is 1.72 bits per heavy atom. The maximum Gasteiger partial charge on any atom is 0.243 e. The molecule has 1 aromatic carbocycles. The van der Waals surface area contributed by atoms with E-state index in [0.29, 0.717) is 38.3 Å². The summed E-state index contributed by atoms with van der Waals surface area (Å²) in [5.41, 5.74) is 1.70. The first-order chi connectivity index (χ1) is 15.2. The Morgan fingerprint density at radius 1 is 1.03 bits per heavy atom. The van der Waals surface area contributed by atoms with Gasteiger partial charge in [-0.05, 0) is 68.7 Å². The quantitative estimate of drug-likeness (QED) is 0.747. The number of sulfonamides is 1. The molecule has 0 spiro atoms. The van der Waals surface area contributed by atoms with Crippen LogP contribution >= 0.6 is 0 Å². The summed E-state index contributed by atoms with van der Waals surface area (Å²) in [4.78, 5) is 26.7. The largest absolute Gasteiger partial charge is 0.353 e. The number of amides is 2. The summed E-state index contributed by atoms with van der Waals surface area (Å²) in [5.74, 6) is 0.432. The second-order valence-corrected chi connectivity index (χ2v) is 11.7. The molecule has 0 bridgehead atoms. The third kappa shape index (κ3) is 4.44. The molecule has 2 aliphatic heterocycles. The Morgan fingerprint density at radius 3 is 2.38 bits per heavy atom. The second-order valence-electron chi connectivity index (χ2n) is 9.79. The van der Waals surface area contributed by atoms with Crippen molar-refractivity contribution >= 4 is 27.5 Å². The fourth-order valence-electron chi connectivity index (χ4n) is 5.59. The van der Waals surface area contributed by atoms with Crippen LogP contribution in [-0.2, 0) is 26.0 Å². The van der Waals surface area contributed by atoms with Gasteiger partial charge in [0.05, 0.1) is 4.90 Å². The van der Waals surface area contributed by atoms with Crippen LogP contribution in [0.3, 0.4) is 0 Å². The molecular weight excluding hydrogens is 426 g/mol. The SMILES string of the molecule is CC(=O)N1c2ccc(S(=O)(=O)N3CCC(C(=O)N[C@@H]4CCCC[C@H]4C)CC3)cc2C[C@H]1C. The molecule has 7 nitrogen and oxygen atoms in total. The molecule has 8 heteroatoms. The van der Waals surface area contributed by atoms with Crippen LogP contribution in [0.5, 0.6) is 0 Å². The van der Waals surface area contributed by atoms with Gasteiger partial charge in [-0.25, -0.2) is 8.42 Å². The van der Waals surface area contributed by atoms with Gasteiger partial charge < -0.3 is 10.2 Å². The van der Waals surface area contributed by atoms with Gasteiger partial charge in [-0.3, -0.25) is 9.59 Å². The van der Waals surface area contributed by atoms with Crippen molar-refractivity contribution in [1.29, 1.82) is 0 Å². The van der Waals surface area contributed by atoms with E-state index in [4.69, 9.17) is 0 Å². The lowest BCUT2D eigenvalue weighted by Gasteiger charge is -2.34. The van der Waals surface area contributed by atoms with E-state index >= 15 is 0 Å². The third-order valence-corrected chi connectivity index (χ3v) is 9.40. The van der Waals surface area contributed by atoms with Gasteiger partial charge >= 0.3 is 0 Å². The van der Waals surface area contributed by atoms with Crippen LogP contribution in [-0.4, -0.2) is 49.7 Å². The maximum absolute atomic E-state index is 13.3. The van der Waals surface area contributed by atoms with Crippen LogP contribution in [0.15, 0.2) is 23.1 Å². The molecule has 0 unspecified atom stereocenters. The van der Waals surface area contributed by atoms with Crippen LogP contribution in [0.2, 0.25) is 0 Å². The van der Waals surface area contributed by atoms with Crippen LogP contribution in [0.25, 0.3) is 0 Å². The summed E-state index contributed by atoms with van der Waals surface area (Å²) < 4.78 is 28.0. The number of carbonyl (C=O) groups is 2. The molecule has 2 amide bonds. The minimum atomic E-state index is -3.63. The second kappa shape index (κ2) is 9.14. The summed E-state index contributed by atoms with van der Waals surface area (Å²) in [6, 6.07) is 5.35. The third-order valence-electron chi connectivity index (χ3n) is 7.51. The molecular formula is C24H35N3O4S. The first-order valence-electron chi connectivity index (χ1n) is 11.9. The zero-order valence-corrected chi connectivity index (χ0v) is 20.2. The summed E-state index contributed by atoms with van der Waals surface area (Å²) in [6.07, 6.45) is 6.34. The number of hydrogen-bond acceptors (Lipinski definition) is 4. The van der Waals surface area contributed by atoms with E-state index in [0.717, 1.165) is 30.5 Å². The highest BCUT2D eigenvalue weighted by atomic mass is 32.2. The zero-order valence-electron chi connectivity index (χ0n) is 19.3. The van der Waals surface area contributed by atoms with E-state index in [1.54, 1.807) is 23.1 Å². The molecule has 176 valence electrons. The van der Waals surface area contributed by atoms with Crippen molar-refractivity contribution in [3.63, 3.8) is 0 Å². The average Bonchev–Trinajstić information content (AvgIpc) is 3.10. The van der Waals surface area contributed by atoms with E-state index < -0.39 is 10.0 Å². The molecule has 0 radical (unpaired) electrons. The van der Waals surface area contributed by atoms with Crippen LogP contribution < -0.4 is 10.2 Å². The number of nitrogens with one attached hydrogen (secondary N) is 1. The molecule has 4 rings (SSSR count). The molecule has 2 heterocycles. The molecule has 1 N–H and O–H groups in total. The summed E-state index contributed by atoms with van der Waals surface area (Å²) in [5, 5.41) is 3.23. The molecule has 1 saturated heterocycles. The van der Waals surface area contributed by atoms with Crippen molar-refractivity contribution < 1.29 is 18.0 Å². The molecule has 1 saturated carbocycles. The molecule has 3 atom stereocenters. The van der Waals surface area contributed by atoms with Gasteiger partial charge in [0.2, 0.25) is 21.8 Å². The number of hydrogen-bond donors (Lipinski definition) is 1. The van der Waals surface area contributed by atoms with Gasteiger partial charge in [-0.2, -0.15) is 4.31 Å². The first-order valence-corrected chi connectivity index (χ1v) is 13.4. The van der Waals surface area contributed by atoms with Gasteiger partial charge in [0.25, 0.3) is 0 Å². The lowest BCUT2D eigenvalue weighted by Crippen LogP contribution is -2.47. The number of carbonyl (C=O) groups excluding carboxylic acids is 2. The number of nitrogens with zero attached hydrogens (tertiary/aromatic N) is 2. The predicted octanol–water partition coefficient (Wildman–Crippen LogP) is 3.08. The topological polar surface area (TPSA) is 86.8 Å². The van der Waals surface area contributed by atoms with Crippen molar-refractivity contribution in [2.24, 2.45) is 11.8 Å². The van der Waals surface area contributed by atoms with E-state index in [-0.39, 0.29) is 34.7 Å². The Bertz CT molecular complexity index is 985. The number of benzene rings is 1. The van der Waals surface area contributed by atoms with Crippen LogP contribution in [0, 0.1) is 11.8 Å². The standard InChI is InChI=1S/C24H35N3O4S/c1-16-6-4-5-7-22(16)25-24(29)19-10-12-26(13-11-19)32(30,31)21-8-9-23-20(15-21)14-17(2)27(23)18(3)28/h8-9,15-17,19,22H,4-7,10-14H2,1-3H3,(H,25,29)/t16-,17-,22-/m1/s1. The highest BCUT2D eigenvalue weighted by Crippen LogP contribution is 2.35. The van der Waals surface area contributed by atoms with E-state index in [1.165, 1.54) is 17.6 Å². The highest BCUT2D eigenvalue weighted by molar-refractivity contribution is 7.89. The average molecular weight is 462 g/mol. The van der Waals surface area contributed by atoms with Crippen molar-refractivity contribution in [3.05, 3.63) is 23.8 Å². The molecule has 1 aliphatic carbocycles. The first kappa shape index (κ1) is 23.2. The Hall–Kier alpha value is -1.93. The van der Waals surface area contributed by atoms with E-state index in [1.807, 2.05) is 6.92 Å². The summed E-state index contributed by atoms with van der Waals surface area (Å²) >= 11 is 0. The van der Waals surface area contributed by atoms with Crippen molar-refractivity contribution in [1.82, 2.24) is 9.62 Å². The molecule has 2 fully saturated rings. The minimum absolute atomic E-state index is 0.0293. The van der Waals surface area contributed by atoms with Gasteiger partial charge in [0.15, 0.2) is 0 Å². The van der Waals surface area contributed by atoms with Gasteiger partial charge in [-0.15, -0.1) is 0 Å². The highest BCUT2D eigenvalue weighted by Gasteiger charge is 2.35. The van der Waals surface area contributed by atoms with E-state index in [2.05, 4.69) is 12.2 Å². The Kier molecular flexibility index (Phi) is 6.63. The smallest absolute Gasteiger partial charge is 0.243 e. The Balaban J connectivity index is 1.40. The zero-order chi connectivity index (χ0) is 23.0. The fourth-order valence-corrected chi connectivity index (χ4v) is 7.11. The van der Waals surface area contributed by atoms with Crippen molar-refractivity contribution in [3.8, 4) is 0 Å². The van der Waals surface area contributed by atoms with Crippen LogP contribution in [0.1, 0.15) is 64.9 Å². The molecule has 32 heavy (non-hydrogen) atoms. The van der Waals surface area contributed by atoms with Crippen LogP contribution in [0.4, 0.5) is 5.69 Å². The number of fused-ring (bicyclic) bond motifs is 1. The molecule has 0 aromatic heterocycles. The lowest BCUT2D eigenvalue weighted by molar-refractivity contribution is -0.127. The van der Waals surface area contributed by atoms with Gasteiger partial charge in [-0.1, -0.05) is 19.8 Å². The predicted molar refractivity (Wildman–Crippen MR) is 124 cm³/mol. The monoisotopic (exact) mass is 461 g/mol. The Labute approximate surface area is 191 Å². The normalized spacial score (nSPS) is 27.2. The maximum atomic E-state index is 13.3. The van der Waals surface area contributed by atoms with E-state index in [9.17, 15) is 18.0 Å². The molecule has 1 aromatic rings. The van der Waals surface area contributed by atoms with Gasteiger partial charge in [0, 0.05) is 43.7 Å². The van der Waals surface area contributed by atoms with Gasteiger partial charge in [0.1, 0.15) is 0 Å². The fraction of sp³-hybridized carbons (Fsp3) is 0.667.